The van der Waals surface area contributed by atoms with Gasteiger partial charge in [-0.3, -0.25) is 9.89 Å². The summed E-state index contributed by atoms with van der Waals surface area (Å²) in [7, 11) is -1.37. The standard InChI is InChI=1S/C26H23F4N5O4S/c1-35-8-7-15(11-35)32-25(36)24-17-5-4-16(22(30)23(17)33-34-24)20-18(28)6-3-13(21(20)29)12-40(37,38)19-9-14(27)10-31-26(19)39-2/h3-6,9-10,15H,7-8,11-12H2,1-2H3,(H,32,36)(H,33,34)/t15-/m0/s1. The summed E-state index contributed by atoms with van der Waals surface area (Å²) in [4.78, 5) is 17.8. The van der Waals surface area contributed by atoms with Crippen molar-refractivity contribution in [1.29, 1.82) is 0 Å². The number of methoxy groups -OCH3 is 1. The van der Waals surface area contributed by atoms with Crippen molar-refractivity contribution >= 4 is 26.6 Å². The van der Waals surface area contributed by atoms with E-state index in [0.717, 1.165) is 44.5 Å². The largest absolute Gasteiger partial charge is 0.480 e. The third kappa shape index (κ3) is 4.99. The van der Waals surface area contributed by atoms with E-state index in [1.807, 2.05) is 7.05 Å². The maximum Gasteiger partial charge on any atom is 0.270 e. The van der Waals surface area contributed by atoms with Crippen LogP contribution in [0.25, 0.3) is 22.0 Å². The summed E-state index contributed by atoms with van der Waals surface area (Å²) in [6, 6.07) is 4.68. The van der Waals surface area contributed by atoms with Crippen molar-refractivity contribution in [2.75, 3.05) is 27.2 Å². The predicted molar refractivity (Wildman–Crippen MR) is 136 cm³/mol. The summed E-state index contributed by atoms with van der Waals surface area (Å²) in [5.74, 6) is -6.47. The van der Waals surface area contributed by atoms with Crippen molar-refractivity contribution in [3.63, 3.8) is 0 Å². The van der Waals surface area contributed by atoms with Crippen LogP contribution in [0.1, 0.15) is 22.5 Å². The first kappa shape index (κ1) is 27.5. The Morgan fingerprint density at radius 1 is 1.18 bits per heavy atom. The summed E-state index contributed by atoms with van der Waals surface area (Å²) in [5, 5.41) is 9.31. The number of halogens is 4. The molecule has 1 atom stereocenters. The molecule has 2 N–H and O–H groups in total. The van der Waals surface area contributed by atoms with Crippen LogP contribution in [0.3, 0.4) is 0 Å². The van der Waals surface area contributed by atoms with Gasteiger partial charge in [0, 0.05) is 29.1 Å². The SMILES string of the molecule is COc1ncc(F)cc1S(=O)(=O)Cc1ccc(F)c(-c2ccc3c(C(=O)N[C@H]4CCN(C)C4)[nH]nc3c2F)c1F. The average Bonchev–Trinajstić information content (AvgIpc) is 3.53. The van der Waals surface area contributed by atoms with E-state index in [1.54, 1.807) is 0 Å². The highest BCUT2D eigenvalue weighted by Gasteiger charge is 2.28. The highest BCUT2D eigenvalue weighted by Crippen LogP contribution is 2.35. The van der Waals surface area contributed by atoms with Crippen LogP contribution in [0.2, 0.25) is 0 Å². The number of fused-ring (bicyclic) bond motifs is 1. The van der Waals surface area contributed by atoms with Gasteiger partial charge in [0.05, 0.1) is 24.6 Å². The number of ether oxygens (including phenoxy) is 1. The highest BCUT2D eigenvalue weighted by molar-refractivity contribution is 7.90. The Balaban J connectivity index is 1.50. The molecule has 2 aromatic heterocycles. The van der Waals surface area contributed by atoms with Crippen molar-refractivity contribution in [2.24, 2.45) is 0 Å². The Bertz CT molecular complexity index is 1740. The van der Waals surface area contributed by atoms with Gasteiger partial charge in [0.1, 0.15) is 33.6 Å². The number of nitrogens with zero attached hydrogens (tertiary/aromatic N) is 3. The molecule has 9 nitrogen and oxygen atoms in total. The zero-order valence-corrected chi connectivity index (χ0v) is 22.1. The molecule has 0 aliphatic carbocycles. The number of carbonyl (C=O) groups excluding carboxylic acids is 1. The van der Waals surface area contributed by atoms with Crippen LogP contribution < -0.4 is 10.1 Å². The molecule has 0 spiro atoms. The Morgan fingerprint density at radius 3 is 2.65 bits per heavy atom. The molecule has 0 saturated carbocycles. The number of hydrogen-bond acceptors (Lipinski definition) is 7. The van der Waals surface area contributed by atoms with E-state index in [1.165, 1.54) is 6.07 Å². The van der Waals surface area contributed by atoms with Crippen molar-refractivity contribution in [2.45, 2.75) is 23.1 Å². The molecule has 40 heavy (non-hydrogen) atoms. The molecule has 210 valence electrons. The van der Waals surface area contributed by atoms with E-state index in [4.69, 9.17) is 4.74 Å². The topological polar surface area (TPSA) is 117 Å². The first-order chi connectivity index (χ1) is 19.0. The average molecular weight is 578 g/mol. The molecule has 1 fully saturated rings. The number of H-pyrrole nitrogens is 1. The number of aromatic nitrogens is 3. The third-order valence-corrected chi connectivity index (χ3v) is 8.37. The number of pyridine rings is 1. The highest BCUT2D eigenvalue weighted by atomic mass is 32.2. The van der Waals surface area contributed by atoms with Crippen molar-refractivity contribution < 1.29 is 35.5 Å². The van der Waals surface area contributed by atoms with Gasteiger partial charge in [-0.25, -0.2) is 31.0 Å². The lowest BCUT2D eigenvalue weighted by Crippen LogP contribution is -2.36. The van der Waals surface area contributed by atoms with Crippen LogP contribution in [0.5, 0.6) is 5.88 Å². The summed E-state index contributed by atoms with van der Waals surface area (Å²) in [6.07, 6.45) is 1.50. The zero-order chi connectivity index (χ0) is 28.8. The van der Waals surface area contributed by atoms with Crippen LogP contribution in [0.15, 0.2) is 41.4 Å². The quantitative estimate of drug-likeness (QED) is 0.323. The van der Waals surface area contributed by atoms with Gasteiger partial charge in [0.2, 0.25) is 5.88 Å². The first-order valence-electron chi connectivity index (χ1n) is 12.1. The maximum atomic E-state index is 15.6. The van der Waals surface area contributed by atoms with Gasteiger partial charge >= 0.3 is 0 Å². The second-order valence-electron chi connectivity index (χ2n) is 9.46. The van der Waals surface area contributed by atoms with Gasteiger partial charge in [-0.15, -0.1) is 0 Å². The number of carbonyl (C=O) groups is 1. The molecule has 14 heteroatoms. The Morgan fingerprint density at radius 2 is 1.95 bits per heavy atom. The molecule has 0 unspecified atom stereocenters. The van der Waals surface area contributed by atoms with Gasteiger partial charge in [-0.05, 0) is 38.2 Å². The molecule has 4 aromatic rings. The van der Waals surface area contributed by atoms with Gasteiger partial charge in [-0.1, -0.05) is 12.1 Å². The third-order valence-electron chi connectivity index (χ3n) is 6.72. The Kier molecular flexibility index (Phi) is 7.23. The molecule has 1 aliphatic rings. The predicted octanol–water partition coefficient (Wildman–Crippen LogP) is 3.60. The molecule has 1 amide bonds. The summed E-state index contributed by atoms with van der Waals surface area (Å²) in [5.41, 5.74) is -2.17. The number of sulfone groups is 1. The molecular weight excluding hydrogens is 554 g/mol. The minimum absolute atomic E-state index is 0.00607. The number of aromatic amines is 1. The maximum absolute atomic E-state index is 15.6. The van der Waals surface area contributed by atoms with E-state index in [9.17, 15) is 22.0 Å². The number of nitrogens with one attached hydrogen (secondary N) is 2. The summed E-state index contributed by atoms with van der Waals surface area (Å²) >= 11 is 0. The lowest BCUT2D eigenvalue weighted by atomic mass is 9.99. The van der Waals surface area contributed by atoms with Crippen LogP contribution >= 0.6 is 0 Å². The fourth-order valence-corrected chi connectivity index (χ4v) is 6.23. The van der Waals surface area contributed by atoms with Gasteiger partial charge in [-0.2, -0.15) is 5.10 Å². The minimum atomic E-state index is -4.43. The molecular formula is C26H23F4N5O4S. The molecule has 1 saturated heterocycles. The summed E-state index contributed by atoms with van der Waals surface area (Å²) < 4.78 is 90.7. The Labute approximate surface area is 226 Å². The lowest BCUT2D eigenvalue weighted by molar-refractivity contribution is 0.0935. The van der Waals surface area contributed by atoms with E-state index < -0.39 is 72.2 Å². The minimum Gasteiger partial charge on any atom is -0.480 e. The monoisotopic (exact) mass is 577 g/mol. The van der Waals surface area contributed by atoms with Crippen molar-refractivity contribution in [1.82, 2.24) is 25.4 Å². The van der Waals surface area contributed by atoms with Crippen LogP contribution in [0.4, 0.5) is 17.6 Å². The number of likely N-dealkylation sites (N-methyl/N-ethyl adjacent to an activating group) is 1. The Hall–Kier alpha value is -4.04. The molecule has 0 bridgehead atoms. The van der Waals surface area contributed by atoms with Crippen LogP contribution in [0, 0.1) is 23.3 Å². The van der Waals surface area contributed by atoms with Crippen LogP contribution in [-0.2, 0) is 15.6 Å². The number of benzene rings is 2. The van der Waals surface area contributed by atoms with Crippen molar-refractivity contribution in [3.8, 4) is 17.0 Å². The van der Waals surface area contributed by atoms with Gasteiger partial charge in [0.25, 0.3) is 5.91 Å². The molecule has 5 rings (SSSR count). The van der Waals surface area contributed by atoms with E-state index in [-0.39, 0.29) is 22.6 Å². The van der Waals surface area contributed by atoms with E-state index in [2.05, 4.69) is 25.4 Å². The number of likely N-dealkylation sites (tertiary alicyclic amines) is 1. The normalized spacial score (nSPS) is 16.0. The molecule has 0 radical (unpaired) electrons. The van der Waals surface area contributed by atoms with Crippen LogP contribution in [-0.4, -0.2) is 67.7 Å². The number of rotatable bonds is 7. The number of hydrogen-bond donors (Lipinski definition) is 2. The molecule has 2 aromatic carbocycles. The zero-order valence-electron chi connectivity index (χ0n) is 21.3. The van der Waals surface area contributed by atoms with E-state index in [0.29, 0.717) is 12.6 Å². The van der Waals surface area contributed by atoms with Gasteiger partial charge in [0.15, 0.2) is 15.7 Å². The smallest absolute Gasteiger partial charge is 0.270 e. The first-order valence-corrected chi connectivity index (χ1v) is 13.7. The fourth-order valence-electron chi connectivity index (χ4n) is 4.74. The van der Waals surface area contributed by atoms with E-state index >= 15 is 8.78 Å². The second kappa shape index (κ2) is 10.5. The molecule has 1 aliphatic heterocycles. The van der Waals surface area contributed by atoms with Gasteiger partial charge < -0.3 is 15.0 Å². The van der Waals surface area contributed by atoms with Crippen molar-refractivity contribution in [3.05, 3.63) is 71.1 Å². The number of amides is 1. The molecule has 3 heterocycles. The second-order valence-corrected chi connectivity index (χ2v) is 11.4. The fraction of sp³-hybridized carbons (Fsp3) is 0.269. The lowest BCUT2D eigenvalue weighted by Gasteiger charge is -2.13. The summed E-state index contributed by atoms with van der Waals surface area (Å²) in [6.45, 7) is 1.47.